The standard InChI is InChI=1S/C28H37N3O2/c1-4-6-10-23-12-14-25(15-13-23)29-28(32)31-20-9-11-24-22-26(16-17-27(24)31)33-21-8-7-19-30(3)18-5-2/h5,7-8,12-17,22H,2,4,6,9-11,18-21H2,1,3H3,(H,29,32). The highest BCUT2D eigenvalue weighted by atomic mass is 16.5. The first-order valence-electron chi connectivity index (χ1n) is 12.0. The molecule has 1 aliphatic heterocycles. The van der Waals surface area contributed by atoms with E-state index in [2.05, 4.69) is 55.0 Å². The van der Waals surface area contributed by atoms with Crippen molar-refractivity contribution in [3.63, 3.8) is 0 Å². The molecule has 0 saturated heterocycles. The molecule has 0 atom stereocenters. The number of fused-ring (bicyclic) bond motifs is 1. The molecule has 0 aliphatic carbocycles. The second kappa shape index (κ2) is 12.9. The van der Waals surface area contributed by atoms with Crippen molar-refractivity contribution >= 4 is 17.4 Å². The number of anilines is 2. The van der Waals surface area contributed by atoms with Crippen LogP contribution in [0.2, 0.25) is 0 Å². The zero-order valence-electron chi connectivity index (χ0n) is 20.1. The zero-order chi connectivity index (χ0) is 23.5. The quantitative estimate of drug-likeness (QED) is 0.426. The van der Waals surface area contributed by atoms with Crippen molar-refractivity contribution in [3.05, 3.63) is 78.4 Å². The van der Waals surface area contributed by atoms with Crippen LogP contribution >= 0.6 is 0 Å². The van der Waals surface area contributed by atoms with E-state index in [1.54, 1.807) is 0 Å². The molecule has 1 aliphatic rings. The second-order valence-corrected chi connectivity index (χ2v) is 8.57. The van der Waals surface area contributed by atoms with E-state index in [4.69, 9.17) is 4.74 Å². The highest BCUT2D eigenvalue weighted by Gasteiger charge is 2.23. The number of ether oxygens (including phenoxy) is 1. The van der Waals surface area contributed by atoms with E-state index in [0.717, 1.165) is 55.0 Å². The van der Waals surface area contributed by atoms with Crippen molar-refractivity contribution in [2.24, 2.45) is 0 Å². The average Bonchev–Trinajstić information content (AvgIpc) is 2.83. The molecule has 2 aromatic carbocycles. The number of hydrogen-bond acceptors (Lipinski definition) is 3. The van der Waals surface area contributed by atoms with Gasteiger partial charge in [0.2, 0.25) is 0 Å². The number of nitrogens with one attached hydrogen (secondary N) is 1. The van der Waals surface area contributed by atoms with Gasteiger partial charge in [-0.25, -0.2) is 4.79 Å². The molecule has 2 amide bonds. The Hall–Kier alpha value is -3.05. The molecule has 176 valence electrons. The lowest BCUT2D eigenvalue weighted by Gasteiger charge is -2.30. The van der Waals surface area contributed by atoms with E-state index in [9.17, 15) is 4.79 Å². The molecule has 0 saturated carbocycles. The number of nitrogens with zero attached hydrogens (tertiary/aromatic N) is 2. The van der Waals surface area contributed by atoms with Crippen LogP contribution in [0.15, 0.2) is 67.3 Å². The van der Waals surface area contributed by atoms with Gasteiger partial charge in [-0.1, -0.05) is 43.7 Å². The van der Waals surface area contributed by atoms with Gasteiger partial charge in [0.15, 0.2) is 0 Å². The average molecular weight is 448 g/mol. The van der Waals surface area contributed by atoms with Crippen molar-refractivity contribution in [1.82, 2.24) is 4.90 Å². The molecule has 33 heavy (non-hydrogen) atoms. The second-order valence-electron chi connectivity index (χ2n) is 8.57. The fourth-order valence-electron chi connectivity index (χ4n) is 3.96. The number of urea groups is 1. The van der Waals surface area contributed by atoms with Gasteiger partial charge in [-0.2, -0.15) is 0 Å². The molecule has 1 heterocycles. The first kappa shape index (κ1) is 24.6. The highest BCUT2D eigenvalue weighted by Crippen LogP contribution is 2.31. The monoisotopic (exact) mass is 447 g/mol. The zero-order valence-corrected chi connectivity index (χ0v) is 20.1. The topological polar surface area (TPSA) is 44.8 Å². The number of likely N-dealkylation sites (N-methyl/N-ethyl adjacent to an activating group) is 1. The van der Waals surface area contributed by atoms with Crippen LogP contribution in [-0.2, 0) is 12.8 Å². The predicted molar refractivity (Wildman–Crippen MR) is 139 cm³/mol. The summed E-state index contributed by atoms with van der Waals surface area (Å²) in [6.07, 6.45) is 11.4. The molecule has 2 aromatic rings. The van der Waals surface area contributed by atoms with Gasteiger partial charge < -0.3 is 10.1 Å². The number of unbranched alkanes of at least 4 members (excludes halogenated alkanes) is 1. The van der Waals surface area contributed by atoms with Crippen molar-refractivity contribution < 1.29 is 9.53 Å². The van der Waals surface area contributed by atoms with Gasteiger partial charge in [0.25, 0.3) is 0 Å². The minimum atomic E-state index is -0.0856. The Kier molecular flexibility index (Phi) is 9.58. The van der Waals surface area contributed by atoms with E-state index in [-0.39, 0.29) is 6.03 Å². The maximum absolute atomic E-state index is 13.0. The summed E-state index contributed by atoms with van der Waals surface area (Å²) in [5.74, 6) is 0.836. The molecule has 5 heteroatoms. The normalized spacial score (nSPS) is 13.2. The minimum Gasteiger partial charge on any atom is -0.490 e. The largest absolute Gasteiger partial charge is 0.490 e. The van der Waals surface area contributed by atoms with Crippen LogP contribution in [0.5, 0.6) is 5.75 Å². The molecular formula is C28H37N3O2. The maximum atomic E-state index is 13.0. The van der Waals surface area contributed by atoms with E-state index in [1.165, 1.54) is 18.4 Å². The van der Waals surface area contributed by atoms with Crippen LogP contribution in [0.25, 0.3) is 0 Å². The lowest BCUT2D eigenvalue weighted by atomic mass is 10.0. The van der Waals surface area contributed by atoms with Crippen LogP contribution in [0, 0.1) is 0 Å². The fraction of sp³-hybridized carbons (Fsp3) is 0.393. The third kappa shape index (κ3) is 7.50. The summed E-state index contributed by atoms with van der Waals surface area (Å²) in [6.45, 7) is 8.92. The van der Waals surface area contributed by atoms with E-state index >= 15 is 0 Å². The lowest BCUT2D eigenvalue weighted by molar-refractivity contribution is 0.256. The Balaban J connectivity index is 1.56. The van der Waals surface area contributed by atoms with Crippen LogP contribution in [-0.4, -0.2) is 44.2 Å². The smallest absolute Gasteiger partial charge is 0.326 e. The molecule has 0 radical (unpaired) electrons. The van der Waals surface area contributed by atoms with Gasteiger partial charge in [0.05, 0.1) is 0 Å². The van der Waals surface area contributed by atoms with Crippen LogP contribution < -0.4 is 15.0 Å². The molecule has 0 bridgehead atoms. The Bertz CT molecular complexity index is 937. The molecule has 0 aromatic heterocycles. The summed E-state index contributed by atoms with van der Waals surface area (Å²) in [5.41, 5.74) is 4.26. The maximum Gasteiger partial charge on any atom is 0.326 e. The summed E-state index contributed by atoms with van der Waals surface area (Å²) in [7, 11) is 2.06. The van der Waals surface area contributed by atoms with Gasteiger partial charge in [-0.15, -0.1) is 6.58 Å². The molecular weight excluding hydrogens is 410 g/mol. The SMILES string of the molecule is C=CCN(C)CC=CCOc1ccc2c(c1)CCCN2C(=O)Nc1ccc(CCCC)cc1. The number of benzene rings is 2. The lowest BCUT2D eigenvalue weighted by Crippen LogP contribution is -2.38. The number of carbonyl (C=O) groups excluding carboxylic acids is 1. The van der Waals surface area contributed by atoms with Crippen LogP contribution in [0.1, 0.15) is 37.3 Å². The Morgan fingerprint density at radius 3 is 2.76 bits per heavy atom. The van der Waals surface area contributed by atoms with E-state index in [1.807, 2.05) is 41.3 Å². The fourth-order valence-corrected chi connectivity index (χ4v) is 3.96. The van der Waals surface area contributed by atoms with Crippen LogP contribution in [0.4, 0.5) is 16.2 Å². The molecule has 5 nitrogen and oxygen atoms in total. The predicted octanol–water partition coefficient (Wildman–Crippen LogP) is 6.07. The Morgan fingerprint density at radius 1 is 1.18 bits per heavy atom. The summed E-state index contributed by atoms with van der Waals surface area (Å²) < 4.78 is 5.90. The van der Waals surface area contributed by atoms with Crippen molar-refractivity contribution in [2.45, 2.75) is 39.0 Å². The number of hydrogen-bond donors (Lipinski definition) is 1. The van der Waals surface area contributed by atoms with Gasteiger partial charge >= 0.3 is 6.03 Å². The molecule has 0 unspecified atom stereocenters. The summed E-state index contributed by atoms with van der Waals surface area (Å²) in [5, 5.41) is 3.05. The van der Waals surface area contributed by atoms with E-state index < -0.39 is 0 Å². The number of rotatable bonds is 11. The minimum absolute atomic E-state index is 0.0856. The van der Waals surface area contributed by atoms with Crippen molar-refractivity contribution in [2.75, 3.05) is 43.5 Å². The summed E-state index contributed by atoms with van der Waals surface area (Å²) in [4.78, 5) is 17.0. The summed E-state index contributed by atoms with van der Waals surface area (Å²) in [6, 6.07) is 14.1. The van der Waals surface area contributed by atoms with Gasteiger partial charge in [-0.05, 0) is 74.2 Å². The molecule has 0 fully saturated rings. The third-order valence-electron chi connectivity index (χ3n) is 5.81. The first-order valence-corrected chi connectivity index (χ1v) is 12.0. The molecule has 0 spiro atoms. The van der Waals surface area contributed by atoms with Crippen molar-refractivity contribution in [3.8, 4) is 5.75 Å². The molecule has 3 rings (SSSR count). The Labute approximate surface area is 198 Å². The van der Waals surface area contributed by atoms with Crippen LogP contribution in [0.3, 0.4) is 0 Å². The van der Waals surface area contributed by atoms with Gasteiger partial charge in [0, 0.05) is 31.0 Å². The first-order chi connectivity index (χ1) is 16.1. The van der Waals surface area contributed by atoms with E-state index in [0.29, 0.717) is 13.2 Å². The highest BCUT2D eigenvalue weighted by molar-refractivity contribution is 6.02. The van der Waals surface area contributed by atoms with Gasteiger partial charge in [-0.3, -0.25) is 9.80 Å². The number of carbonyl (C=O) groups is 1. The number of amides is 2. The summed E-state index contributed by atoms with van der Waals surface area (Å²) >= 11 is 0. The number of aryl methyl sites for hydroxylation is 2. The Morgan fingerprint density at radius 2 is 2.00 bits per heavy atom. The van der Waals surface area contributed by atoms with Crippen molar-refractivity contribution in [1.29, 1.82) is 0 Å². The van der Waals surface area contributed by atoms with Gasteiger partial charge in [0.1, 0.15) is 12.4 Å². The third-order valence-corrected chi connectivity index (χ3v) is 5.81. The molecule has 1 N–H and O–H groups in total.